The number of likely N-dealkylation sites (tertiary alicyclic amines) is 1. The summed E-state index contributed by atoms with van der Waals surface area (Å²) in [7, 11) is -2.87. The number of nitrogens with zero attached hydrogens (tertiary/aromatic N) is 2. The first-order valence-electron chi connectivity index (χ1n) is 8.91. The van der Waals surface area contributed by atoms with Crippen molar-refractivity contribution in [2.45, 2.75) is 25.9 Å². The second-order valence-corrected chi connectivity index (χ2v) is 9.58. The average molecular weight is 365 g/mol. The maximum Gasteiger partial charge on any atom is 0.254 e. The van der Waals surface area contributed by atoms with Gasteiger partial charge in [0.25, 0.3) is 5.91 Å². The molecule has 2 heterocycles. The van der Waals surface area contributed by atoms with Gasteiger partial charge in [0, 0.05) is 37.8 Å². The minimum Gasteiger partial charge on any atom is -0.336 e. The van der Waals surface area contributed by atoms with Crippen molar-refractivity contribution in [3.05, 3.63) is 35.4 Å². The second-order valence-electron chi connectivity index (χ2n) is 7.27. The first kappa shape index (κ1) is 18.4. The number of hydrogen-bond donors (Lipinski definition) is 1. The summed E-state index contributed by atoms with van der Waals surface area (Å²) in [4.78, 5) is 16.9. The van der Waals surface area contributed by atoms with E-state index < -0.39 is 9.84 Å². The van der Waals surface area contributed by atoms with Crippen molar-refractivity contribution >= 4 is 15.7 Å². The van der Waals surface area contributed by atoms with Gasteiger partial charge in [-0.2, -0.15) is 0 Å². The van der Waals surface area contributed by atoms with Crippen LogP contribution in [0.4, 0.5) is 0 Å². The molecule has 2 unspecified atom stereocenters. The van der Waals surface area contributed by atoms with Gasteiger partial charge in [-0.25, -0.2) is 8.42 Å². The maximum absolute atomic E-state index is 12.8. The molecule has 0 aliphatic carbocycles. The van der Waals surface area contributed by atoms with Crippen molar-refractivity contribution in [3.8, 4) is 0 Å². The van der Waals surface area contributed by atoms with Gasteiger partial charge in [0.15, 0.2) is 9.84 Å². The first-order valence-corrected chi connectivity index (χ1v) is 10.7. The normalized spacial score (nSPS) is 26.7. The van der Waals surface area contributed by atoms with Gasteiger partial charge >= 0.3 is 0 Å². The van der Waals surface area contributed by atoms with Gasteiger partial charge in [0.2, 0.25) is 0 Å². The zero-order chi connectivity index (χ0) is 18.0. The summed E-state index contributed by atoms with van der Waals surface area (Å²) in [6, 6.07) is 7.92. The largest absolute Gasteiger partial charge is 0.336 e. The predicted molar refractivity (Wildman–Crippen MR) is 98.0 cm³/mol. The Balaban J connectivity index is 1.66. The number of sulfone groups is 1. The lowest BCUT2D eigenvalue weighted by Gasteiger charge is -2.27. The molecule has 2 aliphatic rings. The van der Waals surface area contributed by atoms with Crippen LogP contribution in [0.15, 0.2) is 24.3 Å². The number of carbonyl (C=O) groups is 1. The Kier molecular flexibility index (Phi) is 5.46. The highest BCUT2D eigenvalue weighted by molar-refractivity contribution is 7.91. The molecule has 1 amide bonds. The van der Waals surface area contributed by atoms with E-state index in [4.69, 9.17) is 5.73 Å². The monoisotopic (exact) mass is 365 g/mol. The molecule has 25 heavy (non-hydrogen) atoms. The highest BCUT2D eigenvalue weighted by Gasteiger charge is 2.32. The van der Waals surface area contributed by atoms with Crippen molar-refractivity contribution < 1.29 is 13.2 Å². The molecule has 0 radical (unpaired) electrons. The van der Waals surface area contributed by atoms with E-state index in [1.165, 1.54) is 0 Å². The second kappa shape index (κ2) is 7.43. The molecule has 2 fully saturated rings. The van der Waals surface area contributed by atoms with Crippen LogP contribution in [0.5, 0.6) is 0 Å². The Morgan fingerprint density at radius 3 is 2.64 bits per heavy atom. The summed E-state index contributed by atoms with van der Waals surface area (Å²) in [5, 5.41) is 0. The van der Waals surface area contributed by atoms with Gasteiger partial charge in [-0.1, -0.05) is 12.1 Å². The van der Waals surface area contributed by atoms with Crippen LogP contribution in [-0.4, -0.2) is 67.9 Å². The SMILES string of the molecule is CC1CC(CN)CN1C(=O)c1cccc(CN2CCS(=O)(=O)CC2)c1. The molecule has 0 spiro atoms. The molecule has 6 nitrogen and oxygen atoms in total. The lowest BCUT2D eigenvalue weighted by Crippen LogP contribution is -2.39. The van der Waals surface area contributed by atoms with Crippen LogP contribution in [0.1, 0.15) is 29.3 Å². The Bertz CT molecular complexity index is 721. The summed E-state index contributed by atoms with van der Waals surface area (Å²) in [5.74, 6) is 0.887. The third-order valence-electron chi connectivity index (χ3n) is 5.27. The highest BCUT2D eigenvalue weighted by Crippen LogP contribution is 2.24. The van der Waals surface area contributed by atoms with Crippen molar-refractivity contribution in [1.29, 1.82) is 0 Å². The molecule has 7 heteroatoms. The van der Waals surface area contributed by atoms with Crippen molar-refractivity contribution in [2.24, 2.45) is 11.7 Å². The van der Waals surface area contributed by atoms with E-state index in [9.17, 15) is 13.2 Å². The Morgan fingerprint density at radius 2 is 2.00 bits per heavy atom. The molecule has 2 N–H and O–H groups in total. The standard InChI is InChI=1S/C18H27N3O3S/c1-14-9-16(11-19)13-21(14)18(22)17-4-2-3-15(10-17)12-20-5-7-25(23,24)8-6-20/h2-4,10,14,16H,5-9,11-13,19H2,1H3. The number of rotatable bonds is 4. The van der Waals surface area contributed by atoms with Crippen molar-refractivity contribution in [1.82, 2.24) is 9.80 Å². The molecule has 1 aromatic carbocycles. The fraction of sp³-hybridized carbons (Fsp3) is 0.611. The van der Waals surface area contributed by atoms with Crippen molar-refractivity contribution in [2.75, 3.05) is 37.7 Å². The molecule has 2 atom stereocenters. The summed E-state index contributed by atoms with van der Waals surface area (Å²) < 4.78 is 23.1. The zero-order valence-electron chi connectivity index (χ0n) is 14.7. The molecule has 2 saturated heterocycles. The quantitative estimate of drug-likeness (QED) is 0.850. The molecule has 0 saturated carbocycles. The zero-order valence-corrected chi connectivity index (χ0v) is 15.5. The van der Waals surface area contributed by atoms with Gasteiger partial charge in [0.1, 0.15) is 0 Å². The summed E-state index contributed by atoms with van der Waals surface area (Å²) in [6.45, 7) is 5.21. The van der Waals surface area contributed by atoms with E-state index in [0.717, 1.165) is 18.5 Å². The van der Waals surface area contributed by atoms with Gasteiger partial charge in [-0.15, -0.1) is 0 Å². The van der Waals surface area contributed by atoms with E-state index >= 15 is 0 Å². The molecule has 1 aromatic rings. The predicted octanol–water partition coefficient (Wildman–Crippen LogP) is 0.726. The molecule has 138 valence electrons. The van der Waals surface area contributed by atoms with Crippen LogP contribution in [0.25, 0.3) is 0 Å². The van der Waals surface area contributed by atoms with E-state index in [1.807, 2.05) is 29.2 Å². The summed E-state index contributed by atoms with van der Waals surface area (Å²) >= 11 is 0. The fourth-order valence-corrected chi connectivity index (χ4v) is 5.01. The minimum absolute atomic E-state index is 0.0616. The number of amides is 1. The lowest BCUT2D eigenvalue weighted by atomic mass is 10.1. The Labute approximate surface area is 149 Å². The maximum atomic E-state index is 12.8. The summed E-state index contributed by atoms with van der Waals surface area (Å²) in [5.41, 5.74) is 7.51. The smallest absolute Gasteiger partial charge is 0.254 e. The van der Waals surface area contributed by atoms with Gasteiger partial charge < -0.3 is 10.6 Å². The number of nitrogens with two attached hydrogens (primary N) is 1. The fourth-order valence-electron chi connectivity index (χ4n) is 3.73. The molecule has 0 aromatic heterocycles. The topological polar surface area (TPSA) is 83.7 Å². The third kappa shape index (κ3) is 4.40. The minimum atomic E-state index is -2.87. The lowest BCUT2D eigenvalue weighted by molar-refractivity contribution is 0.0743. The average Bonchev–Trinajstić information content (AvgIpc) is 2.97. The Morgan fingerprint density at radius 1 is 1.28 bits per heavy atom. The molecule has 3 rings (SSSR count). The third-order valence-corrected chi connectivity index (χ3v) is 6.88. The van der Waals surface area contributed by atoms with Crippen LogP contribution in [0.3, 0.4) is 0 Å². The van der Waals surface area contributed by atoms with Gasteiger partial charge in [-0.05, 0) is 43.5 Å². The number of benzene rings is 1. The van der Waals surface area contributed by atoms with E-state index in [2.05, 4.69) is 11.8 Å². The molecular weight excluding hydrogens is 338 g/mol. The first-order chi connectivity index (χ1) is 11.9. The van der Waals surface area contributed by atoms with Crippen LogP contribution in [-0.2, 0) is 16.4 Å². The molecule has 2 aliphatic heterocycles. The van der Waals surface area contributed by atoms with Gasteiger partial charge in [-0.3, -0.25) is 9.69 Å². The molecule has 0 bridgehead atoms. The van der Waals surface area contributed by atoms with E-state index in [0.29, 0.717) is 37.7 Å². The van der Waals surface area contributed by atoms with Gasteiger partial charge in [0.05, 0.1) is 11.5 Å². The van der Waals surface area contributed by atoms with E-state index in [1.54, 1.807) is 0 Å². The van der Waals surface area contributed by atoms with Crippen LogP contribution in [0, 0.1) is 5.92 Å². The highest BCUT2D eigenvalue weighted by atomic mass is 32.2. The number of carbonyl (C=O) groups excluding carboxylic acids is 1. The molecular formula is C18H27N3O3S. The van der Waals surface area contributed by atoms with Crippen molar-refractivity contribution in [3.63, 3.8) is 0 Å². The summed E-state index contributed by atoms with van der Waals surface area (Å²) in [6.07, 6.45) is 0.962. The van der Waals surface area contributed by atoms with E-state index in [-0.39, 0.29) is 23.5 Å². The van der Waals surface area contributed by atoms with Crippen LogP contribution >= 0.6 is 0 Å². The van der Waals surface area contributed by atoms with Crippen LogP contribution < -0.4 is 5.73 Å². The van der Waals surface area contributed by atoms with Crippen LogP contribution in [0.2, 0.25) is 0 Å². The Hall–Kier alpha value is -1.44. The number of hydrogen-bond acceptors (Lipinski definition) is 5.